The molecule has 0 aliphatic carbocycles. The average molecular weight is 427 g/mol. The molecule has 1 heterocycles. The van der Waals surface area contributed by atoms with Gasteiger partial charge in [0.15, 0.2) is 6.61 Å². The zero-order valence-electron chi connectivity index (χ0n) is 16.8. The molecule has 1 unspecified atom stereocenters. The van der Waals surface area contributed by atoms with E-state index in [4.69, 9.17) is 9.47 Å². The smallest absolute Gasteiger partial charge is 0.311 e. The van der Waals surface area contributed by atoms with Gasteiger partial charge in [-0.1, -0.05) is 30.3 Å². The lowest BCUT2D eigenvalue weighted by Gasteiger charge is -2.16. The Kier molecular flexibility index (Phi) is 6.81. The van der Waals surface area contributed by atoms with Crippen molar-refractivity contribution in [3.05, 3.63) is 64.2 Å². The summed E-state index contributed by atoms with van der Waals surface area (Å²) in [5, 5.41) is 13.3. The van der Waals surface area contributed by atoms with E-state index >= 15 is 0 Å². The summed E-state index contributed by atoms with van der Waals surface area (Å²) < 4.78 is 10.1. The molecule has 0 bridgehead atoms. The molecule has 162 valence electrons. The van der Waals surface area contributed by atoms with Gasteiger partial charge in [-0.15, -0.1) is 0 Å². The second-order valence-electron chi connectivity index (χ2n) is 6.96. The third-order valence-electron chi connectivity index (χ3n) is 4.78. The fourth-order valence-electron chi connectivity index (χ4n) is 3.22. The monoisotopic (exact) mass is 427 g/mol. The van der Waals surface area contributed by atoms with Crippen molar-refractivity contribution in [1.82, 2.24) is 4.90 Å². The number of amides is 2. The van der Waals surface area contributed by atoms with E-state index in [1.54, 1.807) is 4.90 Å². The number of anilines is 1. The third kappa shape index (κ3) is 5.56. The molecule has 31 heavy (non-hydrogen) atoms. The van der Waals surface area contributed by atoms with Crippen LogP contribution >= 0.6 is 0 Å². The maximum atomic E-state index is 12.3. The van der Waals surface area contributed by atoms with Gasteiger partial charge in [-0.3, -0.25) is 24.5 Å². The number of nitro benzene ring substituents is 1. The highest BCUT2D eigenvalue weighted by molar-refractivity contribution is 5.95. The van der Waals surface area contributed by atoms with Gasteiger partial charge < -0.3 is 19.7 Å². The number of carbonyl (C=O) groups is 3. The van der Waals surface area contributed by atoms with Gasteiger partial charge in [-0.25, -0.2) is 0 Å². The molecule has 0 saturated carbocycles. The Hall–Kier alpha value is -3.95. The number of ether oxygens (including phenoxy) is 2. The van der Waals surface area contributed by atoms with Gasteiger partial charge in [0.25, 0.3) is 11.6 Å². The zero-order valence-corrected chi connectivity index (χ0v) is 16.8. The van der Waals surface area contributed by atoms with Gasteiger partial charge in [0, 0.05) is 25.6 Å². The Morgan fingerprint density at radius 2 is 1.97 bits per heavy atom. The molecule has 2 aromatic carbocycles. The van der Waals surface area contributed by atoms with Crippen LogP contribution in [0.1, 0.15) is 12.0 Å². The maximum absolute atomic E-state index is 12.3. The Labute approximate surface area is 177 Å². The molecule has 10 nitrogen and oxygen atoms in total. The van der Waals surface area contributed by atoms with Crippen LogP contribution in [-0.4, -0.2) is 47.9 Å². The maximum Gasteiger partial charge on any atom is 0.311 e. The van der Waals surface area contributed by atoms with Crippen molar-refractivity contribution in [2.45, 2.75) is 13.0 Å². The summed E-state index contributed by atoms with van der Waals surface area (Å²) in [7, 11) is 1.31. The van der Waals surface area contributed by atoms with Gasteiger partial charge in [-0.05, 0) is 11.6 Å². The minimum absolute atomic E-state index is 0.0312. The van der Waals surface area contributed by atoms with E-state index in [0.717, 1.165) is 5.56 Å². The highest BCUT2D eigenvalue weighted by atomic mass is 16.6. The number of benzene rings is 2. The summed E-state index contributed by atoms with van der Waals surface area (Å²) in [6, 6.07) is 13.1. The predicted molar refractivity (Wildman–Crippen MR) is 109 cm³/mol. The molecule has 1 saturated heterocycles. The lowest BCUT2D eigenvalue weighted by atomic mass is 10.1. The molecule has 10 heteroatoms. The highest BCUT2D eigenvalue weighted by Gasteiger charge is 2.35. The van der Waals surface area contributed by atoms with Gasteiger partial charge in [-0.2, -0.15) is 0 Å². The largest absolute Gasteiger partial charge is 0.494 e. The van der Waals surface area contributed by atoms with E-state index in [-0.39, 0.29) is 36.0 Å². The predicted octanol–water partition coefficient (Wildman–Crippen LogP) is 2.13. The second-order valence-corrected chi connectivity index (χ2v) is 6.96. The number of carbonyl (C=O) groups excluding carboxylic acids is 3. The van der Waals surface area contributed by atoms with Crippen LogP contribution in [0.3, 0.4) is 0 Å². The highest BCUT2D eigenvalue weighted by Crippen LogP contribution is 2.29. The minimum Gasteiger partial charge on any atom is -0.494 e. The summed E-state index contributed by atoms with van der Waals surface area (Å²) in [6.07, 6.45) is 0.0312. The molecule has 2 amide bonds. The lowest BCUT2D eigenvalue weighted by Crippen LogP contribution is -2.28. The number of nitrogens with zero attached hydrogens (tertiary/aromatic N) is 2. The summed E-state index contributed by atoms with van der Waals surface area (Å²) in [4.78, 5) is 48.5. The Morgan fingerprint density at radius 3 is 2.65 bits per heavy atom. The summed E-state index contributed by atoms with van der Waals surface area (Å²) in [5.41, 5.74) is 0.979. The van der Waals surface area contributed by atoms with Gasteiger partial charge in [0.2, 0.25) is 5.91 Å². The topological polar surface area (TPSA) is 128 Å². The summed E-state index contributed by atoms with van der Waals surface area (Å²) >= 11 is 0. The average Bonchev–Trinajstić information content (AvgIpc) is 3.13. The molecule has 1 aliphatic rings. The second kappa shape index (κ2) is 9.70. The molecule has 1 atom stereocenters. The van der Waals surface area contributed by atoms with Crippen LogP contribution in [0.5, 0.6) is 5.75 Å². The number of rotatable bonds is 8. The van der Waals surface area contributed by atoms with E-state index in [0.29, 0.717) is 6.54 Å². The molecule has 0 radical (unpaired) electrons. The Balaban J connectivity index is 1.51. The van der Waals surface area contributed by atoms with Crippen LogP contribution in [0, 0.1) is 16.0 Å². The van der Waals surface area contributed by atoms with Crippen LogP contribution in [0.25, 0.3) is 0 Å². The first-order chi connectivity index (χ1) is 14.9. The molecular formula is C21H21N3O7. The number of hydrogen-bond acceptors (Lipinski definition) is 7. The number of nitro groups is 1. The van der Waals surface area contributed by atoms with Crippen LogP contribution in [0.2, 0.25) is 0 Å². The first kappa shape index (κ1) is 21.8. The standard InChI is InChI=1S/C21H21N3O7/c1-30-18-10-16(24(28)29)7-8-17(18)22-19(25)13-31-21(27)15-9-20(26)23(12-15)11-14-5-3-2-4-6-14/h2-8,10,15H,9,11-13H2,1H3,(H,22,25). The molecule has 3 rings (SSSR count). The molecule has 0 aromatic heterocycles. The van der Waals surface area contributed by atoms with E-state index in [1.165, 1.54) is 25.3 Å². The van der Waals surface area contributed by atoms with Gasteiger partial charge in [0.05, 0.1) is 29.7 Å². The van der Waals surface area contributed by atoms with E-state index in [9.17, 15) is 24.5 Å². The molecule has 0 spiro atoms. The number of non-ortho nitro benzene ring substituents is 1. The van der Waals surface area contributed by atoms with Crippen LogP contribution < -0.4 is 10.1 Å². The van der Waals surface area contributed by atoms with Crippen molar-refractivity contribution < 1.29 is 28.8 Å². The lowest BCUT2D eigenvalue weighted by molar-refractivity contribution is -0.384. The van der Waals surface area contributed by atoms with Crippen molar-refractivity contribution in [3.8, 4) is 5.75 Å². The summed E-state index contributed by atoms with van der Waals surface area (Å²) in [6.45, 7) is 0.0799. The first-order valence-electron chi connectivity index (χ1n) is 9.48. The van der Waals surface area contributed by atoms with Gasteiger partial charge in [0.1, 0.15) is 5.75 Å². The summed E-state index contributed by atoms with van der Waals surface area (Å²) in [5.74, 6) is -1.95. The molecule has 1 aliphatic heterocycles. The number of hydrogen-bond donors (Lipinski definition) is 1. The molecule has 1 fully saturated rings. The van der Waals surface area contributed by atoms with E-state index in [1.807, 2.05) is 30.3 Å². The minimum atomic E-state index is -0.641. The van der Waals surface area contributed by atoms with Gasteiger partial charge >= 0.3 is 5.97 Å². The van der Waals surface area contributed by atoms with Crippen molar-refractivity contribution in [3.63, 3.8) is 0 Å². The first-order valence-corrected chi connectivity index (χ1v) is 9.48. The number of likely N-dealkylation sites (tertiary alicyclic amines) is 1. The molecule has 2 aromatic rings. The fourth-order valence-corrected chi connectivity index (χ4v) is 3.22. The Bertz CT molecular complexity index is 994. The normalized spacial score (nSPS) is 15.5. The zero-order chi connectivity index (χ0) is 22.4. The number of methoxy groups -OCH3 is 1. The third-order valence-corrected chi connectivity index (χ3v) is 4.78. The molecular weight excluding hydrogens is 406 g/mol. The van der Waals surface area contributed by atoms with Crippen molar-refractivity contribution >= 4 is 29.2 Å². The van der Waals surface area contributed by atoms with Crippen LogP contribution in [0.4, 0.5) is 11.4 Å². The quantitative estimate of drug-likeness (QED) is 0.388. The van der Waals surface area contributed by atoms with Crippen molar-refractivity contribution in [2.24, 2.45) is 5.92 Å². The molecule has 1 N–H and O–H groups in total. The van der Waals surface area contributed by atoms with Crippen molar-refractivity contribution in [1.29, 1.82) is 0 Å². The van der Waals surface area contributed by atoms with E-state index in [2.05, 4.69) is 5.32 Å². The van der Waals surface area contributed by atoms with Crippen LogP contribution in [-0.2, 0) is 25.7 Å². The van der Waals surface area contributed by atoms with E-state index < -0.39 is 29.3 Å². The number of nitrogens with one attached hydrogen (secondary N) is 1. The Morgan fingerprint density at radius 1 is 1.23 bits per heavy atom. The van der Waals surface area contributed by atoms with Crippen LogP contribution in [0.15, 0.2) is 48.5 Å². The number of esters is 1. The van der Waals surface area contributed by atoms with Crippen molar-refractivity contribution in [2.75, 3.05) is 25.6 Å². The fraction of sp³-hybridized carbons (Fsp3) is 0.286. The SMILES string of the molecule is COc1cc([N+](=O)[O-])ccc1NC(=O)COC(=O)C1CC(=O)N(Cc2ccccc2)C1.